The number of ketones is 1. The fraction of sp³-hybridized carbons (Fsp3) is 0.605. The van der Waals surface area contributed by atoms with Gasteiger partial charge in [-0.25, -0.2) is 0 Å². The molecule has 5 heterocycles. The van der Waals surface area contributed by atoms with E-state index in [1.807, 2.05) is 13.0 Å². The van der Waals surface area contributed by atoms with E-state index in [1.54, 1.807) is 0 Å². The molecule has 1 N–H and O–H groups in total. The monoisotopic (exact) mass is 786 g/mol. The van der Waals surface area contributed by atoms with Crippen LogP contribution >= 0.6 is 0 Å². The van der Waals surface area contributed by atoms with Crippen molar-refractivity contribution >= 4 is 40.4 Å². The summed E-state index contributed by atoms with van der Waals surface area (Å²) in [7, 11) is 2.94. The number of rotatable bonds is 10. The number of ether oxygens (including phenoxy) is 12. The van der Waals surface area contributed by atoms with E-state index in [2.05, 4.69) is 0 Å². The number of fused-ring (bicyclic) bond motifs is 8. The minimum atomic E-state index is -1.75. The van der Waals surface area contributed by atoms with Crippen LogP contribution in [-0.4, -0.2) is 123 Å². The van der Waals surface area contributed by atoms with Crippen LogP contribution in [0.1, 0.15) is 73.7 Å². The van der Waals surface area contributed by atoms with Crippen molar-refractivity contribution in [1.82, 2.24) is 0 Å². The Morgan fingerprint density at radius 3 is 2.23 bits per heavy atom. The van der Waals surface area contributed by atoms with Crippen LogP contribution in [0, 0.1) is 6.92 Å². The maximum Gasteiger partial charge on any atom is 0.303 e. The smallest absolute Gasteiger partial charge is 0.303 e. The molecule has 0 aromatic heterocycles. The Balaban J connectivity index is 1.18. The van der Waals surface area contributed by atoms with E-state index in [9.17, 15) is 29.1 Å². The highest BCUT2D eigenvalue weighted by Crippen LogP contribution is 2.71. The molecule has 0 saturated carbocycles. The third-order valence-corrected chi connectivity index (χ3v) is 11.3. The highest BCUT2D eigenvalue weighted by molar-refractivity contribution is 6.11. The summed E-state index contributed by atoms with van der Waals surface area (Å²) in [6, 6.07) is 1.84. The van der Waals surface area contributed by atoms with Crippen molar-refractivity contribution in [2.75, 3.05) is 34.0 Å². The van der Waals surface area contributed by atoms with Gasteiger partial charge in [0.25, 0.3) is 5.79 Å². The summed E-state index contributed by atoms with van der Waals surface area (Å²) in [6.45, 7) is 5.46. The van der Waals surface area contributed by atoms with Crippen molar-refractivity contribution in [2.24, 2.45) is 0 Å². The molecule has 1 aliphatic carbocycles. The number of epoxide rings is 1. The Labute approximate surface area is 319 Å². The largest absolute Gasteiger partial charge is 0.506 e. The molecule has 5 aliphatic heterocycles. The summed E-state index contributed by atoms with van der Waals surface area (Å²) < 4.78 is 72.7. The average molecular weight is 787 g/mol. The summed E-state index contributed by atoms with van der Waals surface area (Å²) >= 11 is 0. The SMILES string of the molecule is COc1c2c(c(O)c3c4c(c(C)cc13)C1OC3(CO[C@@H]5O[C@H](COC(C)=O)[C@@H](OC(C)=O)[C@H](OC(C)=O)[C@H]5OC(C)=O)OC1[C@@](OC)(O4)[C@@]31CO1)C(=O)CCC2. The van der Waals surface area contributed by atoms with Gasteiger partial charge in [0, 0.05) is 57.7 Å². The van der Waals surface area contributed by atoms with Gasteiger partial charge in [-0.3, -0.25) is 24.0 Å². The minimum absolute atomic E-state index is 0.00820. The Kier molecular flexibility index (Phi) is 9.24. The van der Waals surface area contributed by atoms with E-state index in [1.165, 1.54) is 21.1 Å². The maximum absolute atomic E-state index is 13.2. The van der Waals surface area contributed by atoms with Crippen molar-refractivity contribution in [2.45, 2.75) is 114 Å². The van der Waals surface area contributed by atoms with Crippen molar-refractivity contribution in [3.63, 3.8) is 0 Å². The van der Waals surface area contributed by atoms with Gasteiger partial charge in [0.15, 0.2) is 36.5 Å². The molecule has 302 valence electrons. The topological polar surface area (TPSA) is 220 Å². The molecular formula is C38H42O18. The number of methoxy groups -OCH3 is 2. The van der Waals surface area contributed by atoms with E-state index >= 15 is 0 Å². The van der Waals surface area contributed by atoms with E-state index in [-0.39, 0.29) is 41.3 Å². The van der Waals surface area contributed by atoms with Crippen LogP contribution in [0.5, 0.6) is 17.2 Å². The summed E-state index contributed by atoms with van der Waals surface area (Å²) in [5.74, 6) is -6.24. The number of esters is 4. The van der Waals surface area contributed by atoms with E-state index in [0.717, 1.165) is 20.8 Å². The van der Waals surface area contributed by atoms with Crippen molar-refractivity contribution in [1.29, 1.82) is 0 Å². The van der Waals surface area contributed by atoms with Crippen molar-refractivity contribution < 1.29 is 85.9 Å². The number of hydrogen-bond acceptors (Lipinski definition) is 18. The quantitative estimate of drug-likeness (QED) is 0.207. The Bertz CT molecular complexity index is 2040. The number of Topliss-reactive ketones (excluding diaryl/α,β-unsaturated/α-hetero) is 1. The molecule has 2 aromatic carbocycles. The zero-order chi connectivity index (χ0) is 40.1. The number of hydrogen-bond donors (Lipinski definition) is 1. The predicted molar refractivity (Wildman–Crippen MR) is 183 cm³/mol. The second kappa shape index (κ2) is 13.5. The zero-order valence-electron chi connectivity index (χ0n) is 31.7. The van der Waals surface area contributed by atoms with Crippen molar-refractivity contribution in [3.05, 3.63) is 28.3 Å². The molecule has 4 saturated heterocycles. The van der Waals surface area contributed by atoms with Gasteiger partial charge in [-0.2, -0.15) is 0 Å². The molecule has 10 atom stereocenters. The highest BCUT2D eigenvalue weighted by atomic mass is 16.9. The first kappa shape index (κ1) is 38.3. The molecule has 0 radical (unpaired) electrons. The molecule has 0 amide bonds. The molecule has 3 unspecified atom stereocenters. The van der Waals surface area contributed by atoms with Crippen LogP contribution in [0.2, 0.25) is 0 Å². The summed E-state index contributed by atoms with van der Waals surface area (Å²) in [6.07, 6.45) is -7.55. The minimum Gasteiger partial charge on any atom is -0.506 e. The van der Waals surface area contributed by atoms with Crippen LogP contribution in [0.4, 0.5) is 0 Å². The molecule has 18 heteroatoms. The molecule has 6 aliphatic rings. The van der Waals surface area contributed by atoms with E-state index < -0.39 is 97.2 Å². The fourth-order valence-electron chi connectivity index (χ4n) is 9.08. The lowest BCUT2D eigenvalue weighted by Gasteiger charge is -2.49. The average Bonchev–Trinajstić information content (AvgIpc) is 3.80. The number of phenolic OH excluding ortho intramolecular Hbond substituents is 1. The Morgan fingerprint density at radius 1 is 0.929 bits per heavy atom. The van der Waals surface area contributed by atoms with Crippen LogP contribution < -0.4 is 9.47 Å². The number of carbonyl (C=O) groups is 5. The first-order valence-electron chi connectivity index (χ1n) is 18.2. The van der Waals surface area contributed by atoms with Crippen LogP contribution in [-0.2, 0) is 73.0 Å². The number of aromatic hydroxyl groups is 1. The lowest BCUT2D eigenvalue weighted by molar-refractivity contribution is -0.338. The van der Waals surface area contributed by atoms with E-state index in [4.69, 9.17) is 56.8 Å². The molecule has 18 nitrogen and oxygen atoms in total. The molecule has 1 spiro atoms. The van der Waals surface area contributed by atoms with Gasteiger partial charge >= 0.3 is 23.9 Å². The van der Waals surface area contributed by atoms with Crippen molar-refractivity contribution in [3.8, 4) is 17.2 Å². The summed E-state index contributed by atoms with van der Waals surface area (Å²) in [5, 5.41) is 12.6. The third kappa shape index (κ3) is 5.48. The summed E-state index contributed by atoms with van der Waals surface area (Å²) in [5.41, 5.74) is 0.588. The number of benzene rings is 2. The predicted octanol–water partition coefficient (Wildman–Crippen LogP) is 2.15. The second-order valence-electron chi connectivity index (χ2n) is 14.7. The lowest BCUT2D eigenvalue weighted by atomic mass is 9.78. The first-order valence-corrected chi connectivity index (χ1v) is 18.2. The number of carbonyl (C=O) groups excluding carboxylic acids is 5. The summed E-state index contributed by atoms with van der Waals surface area (Å²) in [4.78, 5) is 62.0. The molecule has 8 rings (SSSR count). The highest BCUT2D eigenvalue weighted by Gasteiger charge is 2.91. The van der Waals surface area contributed by atoms with Gasteiger partial charge in [0.2, 0.25) is 11.4 Å². The number of phenols is 1. The van der Waals surface area contributed by atoms with Gasteiger partial charge in [0.05, 0.1) is 24.7 Å². The Hall–Kier alpha value is -4.59. The first-order chi connectivity index (χ1) is 26.6. The molecule has 2 bridgehead atoms. The fourth-order valence-corrected chi connectivity index (χ4v) is 9.08. The number of aryl methyl sites for hydroxylation is 1. The van der Waals surface area contributed by atoms with Gasteiger partial charge < -0.3 is 61.9 Å². The van der Waals surface area contributed by atoms with Crippen LogP contribution in [0.25, 0.3) is 10.8 Å². The normalized spacial score (nSPS) is 34.6. The Morgan fingerprint density at radius 2 is 1.61 bits per heavy atom. The van der Waals surface area contributed by atoms with Crippen LogP contribution in [0.3, 0.4) is 0 Å². The molecule has 2 aromatic rings. The van der Waals surface area contributed by atoms with E-state index in [0.29, 0.717) is 40.7 Å². The molecular weight excluding hydrogens is 744 g/mol. The standard InChI is InChI=1S/C38H42O18/c1-15-11-21-26(27(44)25-20(28(21)45-6)9-8-10-22(25)43)30-24(15)31-34-38(46-7,55-30)36(13-49-36)37(54-31,56-34)14-48-35-33(52-19(5)42)32(51-18(4)41)29(50-17(3)40)23(53-35)12-47-16(2)39/h11,23,29,31-35,44H,8-10,12-14H2,1-7H3/t23-,29-,31?,32+,33-,34?,35-,36-,37?,38-/m1/s1. The molecule has 4 fully saturated rings. The van der Waals surface area contributed by atoms with Gasteiger partial charge in [0.1, 0.15) is 42.7 Å². The van der Waals surface area contributed by atoms with Gasteiger partial charge in [-0.05, 0) is 31.4 Å². The van der Waals surface area contributed by atoms with Gasteiger partial charge in [-0.15, -0.1) is 0 Å². The zero-order valence-corrected chi connectivity index (χ0v) is 31.7. The second-order valence-corrected chi connectivity index (χ2v) is 14.7. The van der Waals surface area contributed by atoms with Gasteiger partial charge in [-0.1, -0.05) is 0 Å². The molecule has 56 heavy (non-hydrogen) atoms. The third-order valence-electron chi connectivity index (χ3n) is 11.3. The maximum atomic E-state index is 13.2. The van der Waals surface area contributed by atoms with Crippen LogP contribution in [0.15, 0.2) is 6.07 Å². The lowest BCUT2D eigenvalue weighted by Crippen LogP contribution is -2.68.